The molecule has 3 rings (SSSR count). The summed E-state index contributed by atoms with van der Waals surface area (Å²) in [6.45, 7) is -0.107. The smallest absolute Gasteiger partial charge is 0.274 e. The minimum Gasteiger partial charge on any atom is -0.491 e. The zero-order chi connectivity index (χ0) is 25.1. The van der Waals surface area contributed by atoms with Crippen LogP contribution in [0.5, 0.6) is 5.75 Å². The third-order valence-corrected chi connectivity index (χ3v) is 6.61. The Hall–Kier alpha value is -3.95. The summed E-state index contributed by atoms with van der Waals surface area (Å²) in [6, 6.07) is 23.1. The van der Waals surface area contributed by atoms with Crippen LogP contribution < -0.4 is 15.5 Å². The summed E-state index contributed by atoms with van der Waals surface area (Å²) in [6.07, 6.45) is 2.98. The van der Waals surface area contributed by atoms with E-state index in [2.05, 4.69) is 5.32 Å². The number of sulfone groups is 1. The topological polar surface area (TPSA) is 122 Å². The van der Waals surface area contributed by atoms with E-state index < -0.39 is 27.7 Å². The number of carbonyl (C=O) groups excluding carboxylic acids is 2. The van der Waals surface area contributed by atoms with Gasteiger partial charge in [0.1, 0.15) is 12.4 Å². The second-order valence-corrected chi connectivity index (χ2v) is 9.88. The van der Waals surface area contributed by atoms with Crippen molar-refractivity contribution in [1.29, 1.82) is 0 Å². The molecule has 0 aliphatic carbocycles. The van der Waals surface area contributed by atoms with Crippen LogP contribution in [-0.2, 0) is 20.4 Å². The molecular formula is C26H26N2O6S. The molecule has 3 aromatic rings. The molecule has 0 spiro atoms. The van der Waals surface area contributed by atoms with Crippen LogP contribution in [-0.4, -0.2) is 43.8 Å². The van der Waals surface area contributed by atoms with E-state index in [1.54, 1.807) is 35.8 Å². The lowest BCUT2D eigenvalue weighted by molar-refractivity contribution is -0.117. The van der Waals surface area contributed by atoms with Crippen LogP contribution >= 0.6 is 0 Å². The third-order valence-electron chi connectivity index (χ3n) is 4.93. The van der Waals surface area contributed by atoms with Gasteiger partial charge in [0.15, 0.2) is 9.84 Å². The lowest BCUT2D eigenvalue weighted by atomic mass is 10.2. The van der Waals surface area contributed by atoms with E-state index in [9.17, 15) is 18.0 Å². The number of hydrogen-bond donors (Lipinski definition) is 3. The van der Waals surface area contributed by atoms with Gasteiger partial charge in [0.2, 0.25) is 5.91 Å². The van der Waals surface area contributed by atoms with Gasteiger partial charge in [0.25, 0.3) is 5.91 Å². The summed E-state index contributed by atoms with van der Waals surface area (Å²) in [5, 5.41) is 11.4. The molecule has 0 aliphatic heterocycles. The van der Waals surface area contributed by atoms with Gasteiger partial charge in [0, 0.05) is 11.6 Å². The Labute approximate surface area is 204 Å². The van der Waals surface area contributed by atoms with Gasteiger partial charge in [0.05, 0.1) is 17.5 Å². The molecule has 0 aliphatic rings. The van der Waals surface area contributed by atoms with E-state index in [0.29, 0.717) is 11.3 Å². The Morgan fingerprint density at radius 3 is 2.17 bits per heavy atom. The molecule has 0 fully saturated rings. The summed E-state index contributed by atoms with van der Waals surface area (Å²) in [7, 11) is -3.57. The molecule has 182 valence electrons. The van der Waals surface area contributed by atoms with Crippen molar-refractivity contribution in [2.24, 2.45) is 0 Å². The Kier molecular flexibility index (Phi) is 9.16. The number of benzene rings is 3. The minimum absolute atomic E-state index is 0.107. The van der Waals surface area contributed by atoms with Gasteiger partial charge in [-0.3, -0.25) is 14.8 Å². The summed E-state index contributed by atoms with van der Waals surface area (Å²) in [5.41, 5.74) is 3.25. The van der Waals surface area contributed by atoms with Crippen LogP contribution in [0.25, 0.3) is 6.08 Å². The van der Waals surface area contributed by atoms with Gasteiger partial charge < -0.3 is 10.1 Å². The van der Waals surface area contributed by atoms with Gasteiger partial charge in [-0.15, -0.1) is 0 Å². The first-order valence-electron chi connectivity index (χ1n) is 10.8. The zero-order valence-electron chi connectivity index (χ0n) is 18.8. The van der Waals surface area contributed by atoms with E-state index in [4.69, 9.17) is 9.94 Å². The van der Waals surface area contributed by atoms with Gasteiger partial charge in [-0.2, -0.15) is 0 Å². The standard InChI is InChI=1S/C26H26N2O6S/c29-25(16-11-20-7-3-1-4-8-20)27-23(19-35(32,33)18-21-9-5-2-6-10-21)17-34-24-14-12-22(13-15-24)26(30)28-31/h1-16,23,31H,17-19H2,(H,27,29)(H,28,30)/b16-11+/t23-/m1/s1. The van der Waals surface area contributed by atoms with Crippen molar-refractivity contribution in [2.75, 3.05) is 12.4 Å². The number of rotatable bonds is 11. The second-order valence-electron chi connectivity index (χ2n) is 7.77. The molecule has 8 nitrogen and oxygen atoms in total. The van der Waals surface area contributed by atoms with Crippen LogP contribution in [0.2, 0.25) is 0 Å². The number of amides is 2. The van der Waals surface area contributed by atoms with Crippen molar-refractivity contribution in [2.45, 2.75) is 11.8 Å². The van der Waals surface area contributed by atoms with Crippen LogP contribution in [0.15, 0.2) is 91.0 Å². The Bertz CT molecular complexity index is 1240. The molecule has 2 amide bonds. The van der Waals surface area contributed by atoms with Crippen LogP contribution in [0.1, 0.15) is 21.5 Å². The van der Waals surface area contributed by atoms with Crippen LogP contribution in [0.4, 0.5) is 0 Å². The maximum Gasteiger partial charge on any atom is 0.274 e. The quantitative estimate of drug-likeness (QED) is 0.214. The van der Waals surface area contributed by atoms with Crippen molar-refractivity contribution < 1.29 is 28.0 Å². The fourth-order valence-corrected chi connectivity index (χ4v) is 4.89. The number of hydroxylamine groups is 1. The predicted molar refractivity (Wildman–Crippen MR) is 133 cm³/mol. The molecule has 1 atom stereocenters. The van der Waals surface area contributed by atoms with E-state index in [-0.39, 0.29) is 23.7 Å². The van der Waals surface area contributed by atoms with Crippen molar-refractivity contribution in [1.82, 2.24) is 10.8 Å². The number of ether oxygens (including phenoxy) is 1. The van der Waals surface area contributed by atoms with Gasteiger partial charge in [-0.1, -0.05) is 60.7 Å². The van der Waals surface area contributed by atoms with Crippen LogP contribution in [0, 0.1) is 0 Å². The molecule has 0 aromatic heterocycles. The molecule has 35 heavy (non-hydrogen) atoms. The first kappa shape index (κ1) is 25.7. The maximum atomic E-state index is 12.8. The van der Waals surface area contributed by atoms with Gasteiger partial charge in [-0.25, -0.2) is 13.9 Å². The average Bonchev–Trinajstić information content (AvgIpc) is 2.86. The monoisotopic (exact) mass is 494 g/mol. The van der Waals surface area contributed by atoms with E-state index >= 15 is 0 Å². The zero-order valence-corrected chi connectivity index (χ0v) is 19.6. The van der Waals surface area contributed by atoms with Crippen molar-refractivity contribution in [3.8, 4) is 5.75 Å². The summed E-state index contributed by atoms with van der Waals surface area (Å²) in [4.78, 5) is 24.0. The summed E-state index contributed by atoms with van der Waals surface area (Å²) in [5.74, 6) is -1.23. The SMILES string of the molecule is O=C(/C=C/c1ccccc1)N[C@H](COc1ccc(C(=O)NO)cc1)CS(=O)(=O)Cc1ccccc1. The summed E-state index contributed by atoms with van der Waals surface area (Å²) >= 11 is 0. The van der Waals surface area contributed by atoms with Gasteiger partial charge >= 0.3 is 0 Å². The van der Waals surface area contributed by atoms with Crippen LogP contribution in [0.3, 0.4) is 0 Å². The Morgan fingerprint density at radius 1 is 0.914 bits per heavy atom. The minimum atomic E-state index is -3.57. The Balaban J connectivity index is 1.69. The third kappa shape index (κ3) is 8.73. The van der Waals surface area contributed by atoms with E-state index in [1.165, 1.54) is 30.3 Å². The fourth-order valence-electron chi connectivity index (χ4n) is 3.27. The number of carbonyl (C=O) groups is 2. The maximum absolute atomic E-state index is 12.8. The molecule has 0 heterocycles. The first-order chi connectivity index (χ1) is 16.8. The lowest BCUT2D eigenvalue weighted by Crippen LogP contribution is -2.43. The lowest BCUT2D eigenvalue weighted by Gasteiger charge is -2.19. The molecule has 0 bridgehead atoms. The van der Waals surface area contributed by atoms with Crippen molar-refractivity contribution in [3.63, 3.8) is 0 Å². The highest BCUT2D eigenvalue weighted by Crippen LogP contribution is 2.14. The van der Waals surface area contributed by atoms with Gasteiger partial charge in [-0.05, 0) is 41.5 Å². The fraction of sp³-hybridized carbons (Fsp3) is 0.154. The van der Waals surface area contributed by atoms with Crippen molar-refractivity contribution in [3.05, 3.63) is 108 Å². The highest BCUT2D eigenvalue weighted by molar-refractivity contribution is 7.90. The highest BCUT2D eigenvalue weighted by Gasteiger charge is 2.22. The highest BCUT2D eigenvalue weighted by atomic mass is 32.2. The largest absolute Gasteiger partial charge is 0.491 e. The number of hydrogen-bond acceptors (Lipinski definition) is 6. The Morgan fingerprint density at radius 2 is 1.54 bits per heavy atom. The molecular weight excluding hydrogens is 468 g/mol. The van der Waals surface area contributed by atoms with E-state index in [0.717, 1.165) is 5.56 Å². The molecule has 9 heteroatoms. The summed E-state index contributed by atoms with van der Waals surface area (Å²) < 4.78 is 31.4. The molecule has 3 aromatic carbocycles. The first-order valence-corrected chi connectivity index (χ1v) is 12.6. The average molecular weight is 495 g/mol. The molecule has 0 saturated carbocycles. The second kappa shape index (κ2) is 12.5. The van der Waals surface area contributed by atoms with E-state index in [1.807, 2.05) is 36.4 Å². The van der Waals surface area contributed by atoms with Crippen molar-refractivity contribution >= 4 is 27.7 Å². The normalized spacial score (nSPS) is 12.1. The predicted octanol–water partition coefficient (Wildman–Crippen LogP) is 3.00. The number of nitrogens with one attached hydrogen (secondary N) is 2. The molecule has 0 radical (unpaired) electrons. The molecule has 0 unspecified atom stereocenters. The molecule has 0 saturated heterocycles. The molecule has 3 N–H and O–H groups in total.